The Hall–Kier alpha value is 0.177. The van der Waals surface area contributed by atoms with Gasteiger partial charge >= 0.3 is 0 Å². The highest BCUT2D eigenvalue weighted by atomic mass is 28.3. The molecule has 2 rings (SSSR count). The summed E-state index contributed by atoms with van der Waals surface area (Å²) < 4.78 is 2.92. The maximum Gasteiger partial charge on any atom is 0.122 e. The van der Waals surface area contributed by atoms with Gasteiger partial charge in [0.25, 0.3) is 0 Å². The number of rotatable bonds is 1. The minimum atomic E-state index is -0.924. The normalized spacial score (nSPS) is 30.9. The lowest BCUT2D eigenvalue weighted by atomic mass is 9.95. The first-order valence-corrected chi connectivity index (χ1v) is 9.12. The van der Waals surface area contributed by atoms with Crippen LogP contribution in [-0.2, 0) is 0 Å². The first kappa shape index (κ1) is 9.72. The quantitative estimate of drug-likeness (QED) is 0.583. The van der Waals surface area contributed by atoms with E-state index < -0.39 is 8.24 Å². The summed E-state index contributed by atoms with van der Waals surface area (Å²) >= 11 is 0. The highest BCUT2D eigenvalue weighted by Crippen LogP contribution is 2.33. The minimum absolute atomic E-state index is 0.924. The van der Waals surface area contributed by atoms with Crippen LogP contribution in [0.5, 0.6) is 0 Å². The van der Waals surface area contributed by atoms with Crippen molar-refractivity contribution >= 4 is 8.24 Å². The fourth-order valence-corrected chi connectivity index (χ4v) is 6.52. The van der Waals surface area contributed by atoms with Crippen molar-refractivity contribution in [3.05, 3.63) is 0 Å². The van der Waals surface area contributed by atoms with Gasteiger partial charge in [-0.25, -0.2) is 0 Å². The van der Waals surface area contributed by atoms with Crippen LogP contribution < -0.4 is 0 Å². The molecule has 0 aromatic heterocycles. The third kappa shape index (κ3) is 1.99. The van der Waals surface area contributed by atoms with Gasteiger partial charge in [-0.3, -0.25) is 0 Å². The molecule has 0 spiro atoms. The molecular weight excluding hydrogens is 174 g/mol. The minimum Gasteiger partial charge on any atom is -0.321 e. The van der Waals surface area contributed by atoms with Gasteiger partial charge in [-0.15, -0.1) is 0 Å². The van der Waals surface area contributed by atoms with Crippen molar-refractivity contribution in [2.24, 2.45) is 0 Å². The van der Waals surface area contributed by atoms with E-state index in [1.54, 1.807) is 6.04 Å². The van der Waals surface area contributed by atoms with Crippen LogP contribution in [0.4, 0.5) is 0 Å². The van der Waals surface area contributed by atoms with Gasteiger partial charge in [-0.05, 0) is 31.9 Å². The molecule has 0 N–H and O–H groups in total. The Labute approximate surface area is 83.6 Å². The fourth-order valence-electron chi connectivity index (χ4n) is 3.20. The van der Waals surface area contributed by atoms with Crippen molar-refractivity contribution in [2.75, 3.05) is 6.54 Å². The van der Waals surface area contributed by atoms with Gasteiger partial charge < -0.3 is 4.57 Å². The van der Waals surface area contributed by atoms with E-state index in [1.165, 1.54) is 45.1 Å². The Morgan fingerprint density at radius 2 is 1.69 bits per heavy atom. The molecule has 0 aromatic carbocycles. The van der Waals surface area contributed by atoms with Crippen LogP contribution in [0.2, 0.25) is 19.1 Å². The standard InChI is InChI=1S/C11H23NSi/c1-13(2)10-6-9-12(13)11-7-4-3-5-8-11/h11H,3-10H2,1-2H3. The molecule has 1 nitrogen and oxygen atoms in total. The van der Waals surface area contributed by atoms with E-state index in [1.807, 2.05) is 0 Å². The molecule has 0 amide bonds. The van der Waals surface area contributed by atoms with Crippen LogP contribution in [0, 0.1) is 0 Å². The maximum absolute atomic E-state index is 2.92. The van der Waals surface area contributed by atoms with Crippen LogP contribution in [0.15, 0.2) is 0 Å². The number of nitrogens with zero attached hydrogens (tertiary/aromatic N) is 1. The molecule has 0 unspecified atom stereocenters. The molecule has 1 aliphatic carbocycles. The molecule has 0 bridgehead atoms. The van der Waals surface area contributed by atoms with Crippen LogP contribution in [0.3, 0.4) is 0 Å². The Morgan fingerprint density at radius 1 is 1.00 bits per heavy atom. The third-order valence-electron chi connectivity index (χ3n) is 3.98. The lowest BCUT2D eigenvalue weighted by molar-refractivity contribution is 0.261. The van der Waals surface area contributed by atoms with E-state index in [9.17, 15) is 0 Å². The van der Waals surface area contributed by atoms with E-state index in [0.717, 1.165) is 6.04 Å². The molecule has 1 saturated carbocycles. The SMILES string of the molecule is C[Si]1(C)CCCN1C1CCCCC1. The van der Waals surface area contributed by atoms with Crippen molar-refractivity contribution in [1.29, 1.82) is 0 Å². The summed E-state index contributed by atoms with van der Waals surface area (Å²) in [4.78, 5) is 0. The average Bonchev–Trinajstić information content (AvgIpc) is 2.47. The summed E-state index contributed by atoms with van der Waals surface area (Å²) in [5.74, 6) is 0. The zero-order chi connectivity index (χ0) is 9.31. The molecule has 0 radical (unpaired) electrons. The number of hydrogen-bond acceptors (Lipinski definition) is 1. The van der Waals surface area contributed by atoms with Crippen molar-refractivity contribution in [2.45, 2.75) is 63.7 Å². The van der Waals surface area contributed by atoms with Crippen molar-refractivity contribution in [1.82, 2.24) is 4.57 Å². The average molecular weight is 197 g/mol. The molecule has 76 valence electrons. The monoisotopic (exact) mass is 197 g/mol. The van der Waals surface area contributed by atoms with E-state index >= 15 is 0 Å². The van der Waals surface area contributed by atoms with E-state index in [2.05, 4.69) is 17.7 Å². The largest absolute Gasteiger partial charge is 0.321 e. The molecule has 13 heavy (non-hydrogen) atoms. The van der Waals surface area contributed by atoms with Gasteiger partial charge in [0, 0.05) is 6.04 Å². The predicted octanol–water partition coefficient (Wildman–Crippen LogP) is 3.23. The highest BCUT2D eigenvalue weighted by molar-refractivity contribution is 6.75. The fraction of sp³-hybridized carbons (Fsp3) is 1.00. The lowest BCUT2D eigenvalue weighted by Crippen LogP contribution is -2.49. The molecule has 1 aliphatic heterocycles. The summed E-state index contributed by atoms with van der Waals surface area (Å²) in [5.41, 5.74) is 0. The molecule has 2 fully saturated rings. The zero-order valence-corrected chi connectivity index (χ0v) is 10.2. The van der Waals surface area contributed by atoms with E-state index in [-0.39, 0.29) is 0 Å². The summed E-state index contributed by atoms with van der Waals surface area (Å²) in [6, 6.07) is 2.53. The molecular formula is C11H23NSi. The summed E-state index contributed by atoms with van der Waals surface area (Å²) in [5, 5.41) is 0. The van der Waals surface area contributed by atoms with Crippen LogP contribution >= 0.6 is 0 Å². The Balaban J connectivity index is 1.98. The molecule has 0 atom stereocenters. The molecule has 1 saturated heterocycles. The smallest absolute Gasteiger partial charge is 0.122 e. The Kier molecular flexibility index (Phi) is 2.79. The van der Waals surface area contributed by atoms with Gasteiger partial charge in [0.2, 0.25) is 0 Å². The second kappa shape index (κ2) is 3.74. The van der Waals surface area contributed by atoms with Crippen molar-refractivity contribution < 1.29 is 0 Å². The summed E-state index contributed by atoms with van der Waals surface area (Å²) in [6.45, 7) is 6.55. The van der Waals surface area contributed by atoms with Crippen LogP contribution in [0.1, 0.15) is 38.5 Å². The topological polar surface area (TPSA) is 3.24 Å². The first-order chi connectivity index (χ1) is 6.20. The summed E-state index contributed by atoms with van der Waals surface area (Å²) in [6.07, 6.45) is 8.95. The molecule has 2 aliphatic rings. The predicted molar refractivity (Wildman–Crippen MR) is 60.5 cm³/mol. The van der Waals surface area contributed by atoms with Crippen LogP contribution in [-0.4, -0.2) is 25.4 Å². The highest BCUT2D eigenvalue weighted by Gasteiger charge is 2.38. The van der Waals surface area contributed by atoms with Crippen molar-refractivity contribution in [3.8, 4) is 0 Å². The summed E-state index contributed by atoms with van der Waals surface area (Å²) in [7, 11) is -0.924. The Bertz CT molecular complexity index is 173. The van der Waals surface area contributed by atoms with Gasteiger partial charge in [0.1, 0.15) is 8.24 Å². The molecule has 0 aromatic rings. The molecule has 1 heterocycles. The van der Waals surface area contributed by atoms with Gasteiger partial charge in [0.05, 0.1) is 0 Å². The zero-order valence-electron chi connectivity index (χ0n) is 9.18. The molecule has 2 heteroatoms. The van der Waals surface area contributed by atoms with E-state index in [4.69, 9.17) is 0 Å². The second-order valence-corrected chi connectivity index (χ2v) is 10.1. The second-order valence-electron chi connectivity index (χ2n) is 5.40. The maximum atomic E-state index is 2.92. The van der Waals surface area contributed by atoms with Gasteiger partial charge in [0.15, 0.2) is 0 Å². The van der Waals surface area contributed by atoms with E-state index in [0.29, 0.717) is 0 Å². The third-order valence-corrected chi connectivity index (χ3v) is 7.70. The van der Waals surface area contributed by atoms with Gasteiger partial charge in [-0.2, -0.15) is 0 Å². The first-order valence-electron chi connectivity index (χ1n) is 5.97. The number of hydrogen-bond donors (Lipinski definition) is 0. The van der Waals surface area contributed by atoms with Gasteiger partial charge in [-0.1, -0.05) is 32.4 Å². The van der Waals surface area contributed by atoms with Crippen molar-refractivity contribution in [3.63, 3.8) is 0 Å². The Morgan fingerprint density at radius 3 is 2.23 bits per heavy atom. The lowest BCUT2D eigenvalue weighted by Gasteiger charge is -2.39. The van der Waals surface area contributed by atoms with Crippen LogP contribution in [0.25, 0.3) is 0 Å².